The highest BCUT2D eigenvalue weighted by atomic mass is 16.5. The second kappa shape index (κ2) is 8.55. The number of anilines is 1. The van der Waals surface area contributed by atoms with Crippen LogP contribution in [0.1, 0.15) is 50.4 Å². The van der Waals surface area contributed by atoms with Crippen LogP contribution in [0.2, 0.25) is 0 Å². The second-order valence-electron chi connectivity index (χ2n) is 3.56. The molecule has 0 amide bonds. The molecule has 18 heavy (non-hydrogen) atoms. The molecule has 1 heterocycles. The van der Waals surface area contributed by atoms with E-state index in [2.05, 4.69) is 17.2 Å². The van der Waals surface area contributed by atoms with E-state index in [9.17, 15) is 4.79 Å². The normalized spacial score (nSPS) is 9.44. The molecule has 0 fully saturated rings. The molecule has 5 nitrogen and oxygen atoms in total. The van der Waals surface area contributed by atoms with E-state index in [-0.39, 0.29) is 5.97 Å². The SMILES string of the molecule is CC.CCCNc1nc(CC)n(C)c1C(=O)OC. The van der Waals surface area contributed by atoms with Crippen molar-refractivity contribution in [2.75, 3.05) is 19.0 Å². The molecule has 0 radical (unpaired) electrons. The van der Waals surface area contributed by atoms with Gasteiger partial charge < -0.3 is 14.6 Å². The van der Waals surface area contributed by atoms with E-state index in [0.29, 0.717) is 11.5 Å². The van der Waals surface area contributed by atoms with Gasteiger partial charge in [0.2, 0.25) is 0 Å². The topological polar surface area (TPSA) is 56.2 Å². The van der Waals surface area contributed by atoms with Gasteiger partial charge in [-0.3, -0.25) is 0 Å². The smallest absolute Gasteiger partial charge is 0.358 e. The molecule has 0 atom stereocenters. The predicted molar refractivity (Wildman–Crippen MR) is 74.1 cm³/mol. The summed E-state index contributed by atoms with van der Waals surface area (Å²) in [6, 6.07) is 0. The van der Waals surface area contributed by atoms with Gasteiger partial charge in [-0.2, -0.15) is 0 Å². The number of esters is 1. The lowest BCUT2D eigenvalue weighted by atomic mass is 10.4. The minimum atomic E-state index is -0.353. The van der Waals surface area contributed by atoms with Gasteiger partial charge in [0.1, 0.15) is 5.82 Å². The van der Waals surface area contributed by atoms with Crippen LogP contribution in [0.25, 0.3) is 0 Å². The number of hydrogen-bond donors (Lipinski definition) is 1. The third-order valence-electron chi connectivity index (χ3n) is 2.43. The monoisotopic (exact) mass is 255 g/mol. The van der Waals surface area contributed by atoms with Crippen molar-refractivity contribution in [3.63, 3.8) is 0 Å². The van der Waals surface area contributed by atoms with Crippen LogP contribution in [0, 0.1) is 0 Å². The third kappa shape index (κ3) is 3.75. The van der Waals surface area contributed by atoms with E-state index in [0.717, 1.165) is 25.2 Å². The molecule has 5 heteroatoms. The van der Waals surface area contributed by atoms with Crippen LogP contribution in [0.15, 0.2) is 0 Å². The van der Waals surface area contributed by atoms with Crippen molar-refractivity contribution in [2.24, 2.45) is 7.05 Å². The molecule has 0 aliphatic heterocycles. The van der Waals surface area contributed by atoms with E-state index in [1.165, 1.54) is 7.11 Å². The molecule has 0 bridgehead atoms. The van der Waals surface area contributed by atoms with Crippen molar-refractivity contribution < 1.29 is 9.53 Å². The number of nitrogens with one attached hydrogen (secondary N) is 1. The summed E-state index contributed by atoms with van der Waals surface area (Å²) in [4.78, 5) is 16.0. The Balaban J connectivity index is 0.00000137. The van der Waals surface area contributed by atoms with Crippen LogP contribution in [0.3, 0.4) is 0 Å². The maximum Gasteiger partial charge on any atom is 0.358 e. The number of methoxy groups -OCH3 is 1. The predicted octanol–water partition coefficient (Wildman–Crippen LogP) is 2.62. The van der Waals surface area contributed by atoms with Gasteiger partial charge in [-0.25, -0.2) is 9.78 Å². The molecule has 0 saturated heterocycles. The van der Waals surface area contributed by atoms with Gasteiger partial charge in [-0.1, -0.05) is 27.7 Å². The van der Waals surface area contributed by atoms with Gasteiger partial charge in [0, 0.05) is 20.0 Å². The summed E-state index contributed by atoms with van der Waals surface area (Å²) in [5.41, 5.74) is 0.493. The first-order chi connectivity index (χ1) is 8.65. The first-order valence-electron chi connectivity index (χ1n) is 6.53. The van der Waals surface area contributed by atoms with Crippen LogP contribution in [0.5, 0.6) is 0 Å². The van der Waals surface area contributed by atoms with Crippen molar-refractivity contribution in [1.82, 2.24) is 9.55 Å². The Hall–Kier alpha value is -1.52. The Morgan fingerprint density at radius 1 is 1.39 bits per heavy atom. The van der Waals surface area contributed by atoms with E-state index >= 15 is 0 Å². The summed E-state index contributed by atoms with van der Waals surface area (Å²) in [6.07, 6.45) is 1.77. The molecule has 0 unspecified atom stereocenters. The molecule has 0 aliphatic rings. The summed E-state index contributed by atoms with van der Waals surface area (Å²) < 4.78 is 6.54. The quantitative estimate of drug-likeness (QED) is 0.822. The number of imidazole rings is 1. The molecule has 0 spiro atoms. The number of ether oxygens (including phenoxy) is 1. The van der Waals surface area contributed by atoms with Gasteiger partial charge in [0.05, 0.1) is 7.11 Å². The van der Waals surface area contributed by atoms with Crippen molar-refractivity contribution in [3.8, 4) is 0 Å². The van der Waals surface area contributed by atoms with E-state index in [1.807, 2.05) is 27.8 Å². The lowest BCUT2D eigenvalue weighted by Crippen LogP contribution is -2.12. The van der Waals surface area contributed by atoms with E-state index in [1.54, 1.807) is 4.57 Å². The van der Waals surface area contributed by atoms with Crippen LogP contribution < -0.4 is 5.32 Å². The maximum atomic E-state index is 11.6. The summed E-state index contributed by atoms with van der Waals surface area (Å²) in [6.45, 7) is 8.87. The zero-order chi connectivity index (χ0) is 14.1. The van der Waals surface area contributed by atoms with Crippen molar-refractivity contribution in [2.45, 2.75) is 40.5 Å². The molecule has 0 aliphatic carbocycles. The zero-order valence-electron chi connectivity index (χ0n) is 12.3. The van der Waals surface area contributed by atoms with Gasteiger partial charge in [-0.05, 0) is 6.42 Å². The number of carbonyl (C=O) groups is 1. The van der Waals surface area contributed by atoms with Crippen LogP contribution in [-0.2, 0) is 18.2 Å². The van der Waals surface area contributed by atoms with Crippen LogP contribution >= 0.6 is 0 Å². The Morgan fingerprint density at radius 2 is 2.00 bits per heavy atom. The van der Waals surface area contributed by atoms with Gasteiger partial charge >= 0.3 is 5.97 Å². The fraction of sp³-hybridized carbons (Fsp3) is 0.692. The van der Waals surface area contributed by atoms with Crippen LogP contribution in [0.4, 0.5) is 5.82 Å². The highest BCUT2D eigenvalue weighted by Crippen LogP contribution is 2.17. The zero-order valence-corrected chi connectivity index (χ0v) is 12.3. The first kappa shape index (κ1) is 16.5. The molecule has 1 rings (SSSR count). The van der Waals surface area contributed by atoms with Gasteiger partial charge in [0.25, 0.3) is 0 Å². The summed E-state index contributed by atoms with van der Waals surface area (Å²) >= 11 is 0. The fourth-order valence-corrected chi connectivity index (χ4v) is 1.56. The molecule has 0 saturated carbocycles. The van der Waals surface area contributed by atoms with Gasteiger partial charge in [-0.15, -0.1) is 0 Å². The lowest BCUT2D eigenvalue weighted by molar-refractivity contribution is 0.0590. The Labute approximate surface area is 110 Å². The van der Waals surface area contributed by atoms with E-state index in [4.69, 9.17) is 4.74 Å². The summed E-state index contributed by atoms with van der Waals surface area (Å²) in [5, 5.41) is 3.14. The Morgan fingerprint density at radius 3 is 2.44 bits per heavy atom. The largest absolute Gasteiger partial charge is 0.464 e. The number of hydrogen-bond acceptors (Lipinski definition) is 4. The summed E-state index contributed by atoms with van der Waals surface area (Å²) in [7, 11) is 3.21. The highest BCUT2D eigenvalue weighted by Gasteiger charge is 2.20. The number of aromatic nitrogens is 2. The second-order valence-corrected chi connectivity index (χ2v) is 3.56. The molecule has 1 aromatic heterocycles. The van der Waals surface area contributed by atoms with Crippen molar-refractivity contribution in [1.29, 1.82) is 0 Å². The molecule has 1 N–H and O–H groups in total. The average molecular weight is 255 g/mol. The number of aryl methyl sites for hydroxylation is 1. The highest BCUT2D eigenvalue weighted by molar-refractivity contribution is 5.93. The maximum absolute atomic E-state index is 11.6. The third-order valence-corrected chi connectivity index (χ3v) is 2.43. The molecular formula is C13H25N3O2. The molecule has 0 aromatic carbocycles. The standard InChI is InChI=1S/C11H19N3O2.C2H6/c1-5-7-12-10-9(11(15)16-4)14(3)8(6-2)13-10;1-2/h12H,5-7H2,1-4H3;1-2H3. The number of rotatable bonds is 5. The first-order valence-corrected chi connectivity index (χ1v) is 6.53. The van der Waals surface area contributed by atoms with E-state index < -0.39 is 0 Å². The minimum Gasteiger partial charge on any atom is -0.464 e. The average Bonchev–Trinajstić information content (AvgIpc) is 2.74. The Kier molecular flexibility index (Phi) is 7.83. The Bertz CT molecular complexity index is 373. The summed E-state index contributed by atoms with van der Waals surface area (Å²) in [5.74, 6) is 1.14. The lowest BCUT2D eigenvalue weighted by Gasteiger charge is -2.05. The molecule has 104 valence electrons. The van der Waals surface area contributed by atoms with Crippen LogP contribution in [-0.4, -0.2) is 29.2 Å². The molecular weight excluding hydrogens is 230 g/mol. The fourth-order valence-electron chi connectivity index (χ4n) is 1.56. The van der Waals surface area contributed by atoms with Crippen molar-refractivity contribution in [3.05, 3.63) is 11.5 Å². The minimum absolute atomic E-state index is 0.353. The number of carbonyl (C=O) groups excluding carboxylic acids is 1. The van der Waals surface area contributed by atoms with Gasteiger partial charge in [0.15, 0.2) is 11.5 Å². The number of nitrogens with zero attached hydrogens (tertiary/aromatic N) is 2. The van der Waals surface area contributed by atoms with Crippen molar-refractivity contribution >= 4 is 11.8 Å². The molecule has 1 aromatic rings.